The van der Waals surface area contributed by atoms with Crippen LogP contribution < -0.4 is 10.4 Å². The molecule has 0 radical (unpaired) electrons. The maximum absolute atomic E-state index is 14.8. The summed E-state index contributed by atoms with van der Waals surface area (Å²) in [5.41, 5.74) is 1.23. The van der Waals surface area contributed by atoms with E-state index in [9.17, 15) is 36.9 Å². The maximum atomic E-state index is 14.8. The first-order valence-corrected chi connectivity index (χ1v) is 32.9. The van der Waals surface area contributed by atoms with Gasteiger partial charge in [-0.1, -0.05) is 153 Å². The van der Waals surface area contributed by atoms with Crippen LogP contribution in [0, 0.1) is 35.5 Å². The summed E-state index contributed by atoms with van der Waals surface area (Å²) in [5, 5.41) is 25.2. The molecular formula is C69H101NO14Si. The second kappa shape index (κ2) is 31.9. The number of amides is 1. The molecule has 1 saturated carbocycles. The van der Waals surface area contributed by atoms with E-state index < -0.39 is 116 Å². The number of cyclic esters (lactones) is 1. The molecule has 3 fully saturated rings. The Balaban J connectivity index is 1.25. The van der Waals surface area contributed by atoms with Crippen LogP contribution in [0.3, 0.4) is 0 Å². The molecule has 0 aromatic heterocycles. The SMILES string of the molecule is [3H]C([3H])(CO[C@@H]1CC[C@@H](C[C@@H](C)[C@@H]2CC(=O)[C@H](C)/C=C(\C)[C@@H](O)[C@@H](OC)C(=O)[C@H](C)C[C@H](C)/C=C/C=C/C=C(\C)[C@@H](OC)C[C@@H]3CC[C@@H](C)[C@@](O)(O3)C(=O)C(=O)N3CCCC[C@H]3C(=O)O2)C[C@H]1OC)O[Si](c1ccccc1)(c1ccccc1)C(C)(C)C. The lowest BCUT2D eigenvalue weighted by molar-refractivity contribution is -0.265. The Morgan fingerprint density at radius 1 is 0.800 bits per heavy atom. The molecule has 3 heterocycles. The second-order valence-electron chi connectivity index (χ2n) is 25.8. The van der Waals surface area contributed by atoms with Crippen LogP contribution in [0.2, 0.25) is 5.04 Å². The number of fused-ring (bicyclic) bond motifs is 3. The van der Waals surface area contributed by atoms with Crippen molar-refractivity contribution in [3.63, 3.8) is 0 Å². The van der Waals surface area contributed by atoms with Crippen molar-refractivity contribution in [3.05, 3.63) is 108 Å². The highest BCUT2D eigenvalue weighted by atomic mass is 28.4. The number of nitrogens with zero attached hydrogens (tertiary/aromatic N) is 1. The first-order valence-electron chi connectivity index (χ1n) is 32.0. The summed E-state index contributed by atoms with van der Waals surface area (Å²) >= 11 is 0. The molecule has 2 bridgehead atoms. The van der Waals surface area contributed by atoms with Gasteiger partial charge in [-0.2, -0.15) is 0 Å². The molecule has 0 spiro atoms. The number of aliphatic hydroxyl groups excluding tert-OH is 1. The van der Waals surface area contributed by atoms with Crippen molar-refractivity contribution < 1.29 is 69.8 Å². The fourth-order valence-corrected chi connectivity index (χ4v) is 17.4. The van der Waals surface area contributed by atoms with Crippen LogP contribution in [-0.4, -0.2) is 148 Å². The number of benzene rings is 2. The molecule has 2 N–H and O–H groups in total. The third kappa shape index (κ3) is 17.5. The number of carbonyl (C=O) groups excluding carboxylic acids is 5. The number of hydrogen-bond acceptors (Lipinski definition) is 14. The lowest BCUT2D eigenvalue weighted by Gasteiger charge is -2.43. The van der Waals surface area contributed by atoms with E-state index in [1.807, 2.05) is 119 Å². The van der Waals surface area contributed by atoms with E-state index in [4.69, 9.17) is 32.8 Å². The molecule has 15 atom stereocenters. The van der Waals surface area contributed by atoms with Gasteiger partial charge < -0.3 is 48.0 Å². The average Bonchev–Trinajstić information content (AvgIpc) is 0.808. The molecule has 470 valence electrons. The van der Waals surface area contributed by atoms with Crippen LogP contribution >= 0.6 is 0 Å². The van der Waals surface area contributed by atoms with Crippen molar-refractivity contribution >= 4 is 47.9 Å². The Hall–Kier alpha value is -4.75. The van der Waals surface area contributed by atoms with Gasteiger partial charge in [0.25, 0.3) is 20.0 Å². The van der Waals surface area contributed by atoms with Gasteiger partial charge in [-0.05, 0) is 122 Å². The van der Waals surface area contributed by atoms with Crippen molar-refractivity contribution in [2.75, 3.05) is 41.0 Å². The molecule has 0 unspecified atom stereocenters. The van der Waals surface area contributed by atoms with E-state index in [1.165, 1.54) is 12.0 Å². The van der Waals surface area contributed by atoms with Gasteiger partial charge >= 0.3 is 5.97 Å². The summed E-state index contributed by atoms with van der Waals surface area (Å²) < 4.78 is 62.3. The lowest BCUT2D eigenvalue weighted by Crippen LogP contribution is -2.66. The number of aliphatic hydroxyl groups is 2. The van der Waals surface area contributed by atoms with E-state index in [1.54, 1.807) is 41.1 Å². The molecule has 15 nitrogen and oxygen atoms in total. The van der Waals surface area contributed by atoms with Crippen molar-refractivity contribution in [1.29, 1.82) is 0 Å². The van der Waals surface area contributed by atoms with E-state index in [2.05, 4.69) is 20.8 Å². The quantitative estimate of drug-likeness (QED) is 0.0833. The van der Waals surface area contributed by atoms with Crippen molar-refractivity contribution in [2.45, 2.75) is 206 Å². The predicted molar refractivity (Wildman–Crippen MR) is 332 cm³/mol. The zero-order valence-electron chi connectivity index (χ0n) is 55.0. The van der Waals surface area contributed by atoms with Crippen molar-refractivity contribution in [1.82, 2.24) is 4.90 Å². The Bertz CT molecular complexity index is 2690. The number of allylic oxidation sites excluding steroid dienone is 6. The third-order valence-electron chi connectivity index (χ3n) is 18.5. The number of methoxy groups -OCH3 is 3. The minimum absolute atomic E-state index is 0.00123. The second-order valence-corrected chi connectivity index (χ2v) is 30.0. The van der Waals surface area contributed by atoms with Crippen LogP contribution in [0.4, 0.5) is 0 Å². The number of ether oxygens (including phenoxy) is 6. The Morgan fingerprint density at radius 2 is 1.47 bits per heavy atom. The minimum atomic E-state index is -3.29. The molecule has 2 aromatic carbocycles. The highest BCUT2D eigenvalue weighted by Gasteiger charge is 2.54. The zero-order valence-corrected chi connectivity index (χ0v) is 54.0. The number of esters is 1. The van der Waals surface area contributed by atoms with E-state index in [-0.39, 0.29) is 49.4 Å². The molecule has 2 aromatic rings. The smallest absolute Gasteiger partial charge is 0.329 e. The number of ketones is 3. The normalized spacial score (nSPS) is 34.6. The highest BCUT2D eigenvalue weighted by molar-refractivity contribution is 6.99. The Labute approximate surface area is 511 Å². The largest absolute Gasteiger partial charge is 0.460 e. The van der Waals surface area contributed by atoms with Crippen LogP contribution in [0.15, 0.2) is 108 Å². The summed E-state index contributed by atoms with van der Waals surface area (Å²) in [6.07, 6.45) is 10.5. The monoisotopic (exact) mass is 1200 g/mol. The van der Waals surface area contributed by atoms with Gasteiger partial charge in [0.05, 0.1) is 40.3 Å². The van der Waals surface area contributed by atoms with E-state index in [0.29, 0.717) is 69.8 Å². The molecule has 3 aliphatic heterocycles. The number of Topliss-reactive ketones (excluding diaryl/α,β-unsaturated/α-hetero) is 3. The summed E-state index contributed by atoms with van der Waals surface area (Å²) in [6, 6.07) is 18.6. The van der Waals surface area contributed by atoms with Crippen molar-refractivity contribution in [3.8, 4) is 0 Å². The molecule has 4 aliphatic rings. The Kier molecular flexibility index (Phi) is 24.9. The van der Waals surface area contributed by atoms with Gasteiger partial charge in [-0.25, -0.2) is 4.79 Å². The predicted octanol–water partition coefficient (Wildman–Crippen LogP) is 9.78. The minimum Gasteiger partial charge on any atom is -0.460 e. The molecular weight excluding hydrogens is 1090 g/mol. The van der Waals surface area contributed by atoms with Crippen LogP contribution in [0.5, 0.6) is 0 Å². The zero-order chi connectivity index (χ0) is 64.0. The van der Waals surface area contributed by atoms with Gasteiger partial charge in [0.15, 0.2) is 5.78 Å². The molecule has 85 heavy (non-hydrogen) atoms. The summed E-state index contributed by atoms with van der Waals surface area (Å²) in [7, 11) is 1.27. The molecule has 16 heteroatoms. The van der Waals surface area contributed by atoms with Gasteiger partial charge in [-0.3, -0.25) is 19.2 Å². The first kappa shape index (κ1) is 66.2. The molecule has 2 saturated heterocycles. The van der Waals surface area contributed by atoms with Gasteiger partial charge in [0.2, 0.25) is 5.79 Å². The summed E-state index contributed by atoms with van der Waals surface area (Å²) in [5.74, 6) is -8.47. The summed E-state index contributed by atoms with van der Waals surface area (Å²) in [4.78, 5) is 73.4. The Morgan fingerprint density at radius 3 is 2.09 bits per heavy atom. The molecule has 1 aliphatic carbocycles. The van der Waals surface area contributed by atoms with Crippen LogP contribution in [0.1, 0.15) is 149 Å². The number of rotatable bonds is 13. The fraction of sp³-hybridized carbons (Fsp3) is 0.638. The topological polar surface area (TPSA) is 194 Å². The first-order chi connectivity index (χ1) is 41.1. The number of piperidine rings is 1. The summed E-state index contributed by atoms with van der Waals surface area (Å²) in [6.45, 7) is 16.5. The molecule has 6 rings (SSSR count). The van der Waals surface area contributed by atoms with Gasteiger partial charge in [0, 0.05) is 58.5 Å². The van der Waals surface area contributed by atoms with E-state index in [0.717, 1.165) is 15.9 Å². The standard InChI is InChI=1S/C69H101NO14Si/c1-45-25-17-14-18-26-46(2)59(78-11)43-53-34-32-51(7)69(77,84-53)65(74)66(75)70-36-24-23-31-56(70)67(76)83-60(44-57(71)47(3)40-50(6)63(73)64(80-13)62(72)49(5)39-45)48(4)41-52-33-35-58(61(42-52)79-12)81-37-38-82-85(68(8,9)10,54-27-19-15-20-28-54)55-29-21-16-22-30-55/h14-22,25-30,40,45,47-49,51-53,56,58-61,63-64,73,77H,23-24,31-39,41-44H2,1-13H3/b18-14+,25-17+,46-26+,50-40+/t45-,47-,48-,49-,51-,52+,53+,56+,58-,59+,60+,61-,63-,64+,69-/m1/s1/i38T2. The van der Waals surface area contributed by atoms with Crippen LogP contribution in [-0.2, 0) is 56.8 Å². The van der Waals surface area contributed by atoms with Gasteiger partial charge in [-0.15, -0.1) is 0 Å². The van der Waals surface area contributed by atoms with Crippen molar-refractivity contribution in [2.24, 2.45) is 35.5 Å². The van der Waals surface area contributed by atoms with E-state index >= 15 is 0 Å². The maximum Gasteiger partial charge on any atom is 0.329 e. The number of carbonyl (C=O) groups is 5. The average molecular weight is 1200 g/mol. The lowest BCUT2D eigenvalue weighted by atomic mass is 9.78. The fourth-order valence-electron chi connectivity index (χ4n) is 13.2. The van der Waals surface area contributed by atoms with Crippen LogP contribution in [0.25, 0.3) is 0 Å². The number of hydrogen-bond donors (Lipinski definition) is 2. The third-order valence-corrected chi connectivity index (χ3v) is 23.3. The van der Waals surface area contributed by atoms with Gasteiger partial charge in [0.1, 0.15) is 30.1 Å². The highest BCUT2D eigenvalue weighted by Crippen LogP contribution is 2.40. The molecule has 1 amide bonds.